The molecule has 25 heavy (non-hydrogen) atoms. The van der Waals surface area contributed by atoms with Crippen molar-refractivity contribution in [2.75, 3.05) is 0 Å². The van der Waals surface area contributed by atoms with E-state index < -0.39 is 5.91 Å². The first-order chi connectivity index (χ1) is 12.0. The van der Waals surface area contributed by atoms with Gasteiger partial charge in [-0.25, -0.2) is 0 Å². The number of H-pyrrole nitrogens is 1. The predicted octanol–water partition coefficient (Wildman–Crippen LogP) is 2.72. The lowest BCUT2D eigenvalue weighted by molar-refractivity contribution is 0.0993. The Morgan fingerprint density at radius 3 is 2.52 bits per heavy atom. The molecular formula is C19H18N4O2. The lowest BCUT2D eigenvalue weighted by Crippen LogP contribution is -2.15. The number of ketones is 1. The first-order valence-electron chi connectivity index (χ1n) is 8.22. The maximum Gasteiger partial charge on any atom is 0.265 e. The molecule has 2 aromatic heterocycles. The van der Waals surface area contributed by atoms with Gasteiger partial charge >= 0.3 is 0 Å². The summed E-state index contributed by atoms with van der Waals surface area (Å²) in [6.45, 7) is 1.96. The molecule has 1 aliphatic rings. The maximum absolute atomic E-state index is 12.7. The molecule has 1 aliphatic carbocycles. The number of aromatic amines is 1. The Bertz CT molecular complexity index is 962. The molecule has 1 amide bonds. The van der Waals surface area contributed by atoms with Gasteiger partial charge in [-0.3, -0.25) is 19.3 Å². The summed E-state index contributed by atoms with van der Waals surface area (Å²) in [6.07, 6.45) is 3.91. The lowest BCUT2D eigenvalue weighted by Gasteiger charge is -2.01. The topological polar surface area (TPSA) is 93.8 Å². The molecule has 126 valence electrons. The molecule has 1 fully saturated rings. The van der Waals surface area contributed by atoms with Crippen LogP contribution in [0.3, 0.4) is 0 Å². The maximum atomic E-state index is 12.7. The molecule has 1 aromatic carbocycles. The normalized spacial score (nSPS) is 13.8. The zero-order valence-electron chi connectivity index (χ0n) is 13.8. The molecule has 0 saturated heterocycles. The zero-order valence-corrected chi connectivity index (χ0v) is 13.8. The van der Waals surface area contributed by atoms with E-state index in [0.29, 0.717) is 22.9 Å². The minimum atomic E-state index is -0.598. The number of primary amides is 1. The number of nitrogens with two attached hydrogens (primary N) is 1. The number of hydrogen-bond acceptors (Lipinski definition) is 3. The van der Waals surface area contributed by atoms with E-state index >= 15 is 0 Å². The van der Waals surface area contributed by atoms with Crippen LogP contribution in [0.1, 0.15) is 56.4 Å². The van der Waals surface area contributed by atoms with Gasteiger partial charge in [-0.05, 0) is 25.8 Å². The molecule has 0 aliphatic heterocycles. The Labute approximate surface area is 144 Å². The van der Waals surface area contributed by atoms with E-state index in [1.807, 2.05) is 25.1 Å². The van der Waals surface area contributed by atoms with Crippen molar-refractivity contribution in [3.05, 3.63) is 70.7 Å². The molecule has 2 heterocycles. The second-order valence-corrected chi connectivity index (χ2v) is 6.50. The highest BCUT2D eigenvalue weighted by Gasteiger charge is 2.26. The van der Waals surface area contributed by atoms with E-state index in [2.05, 4.69) is 10.2 Å². The summed E-state index contributed by atoms with van der Waals surface area (Å²) >= 11 is 0. The van der Waals surface area contributed by atoms with Crippen molar-refractivity contribution < 1.29 is 9.59 Å². The van der Waals surface area contributed by atoms with Gasteiger partial charge in [-0.15, -0.1) is 0 Å². The van der Waals surface area contributed by atoms with E-state index in [1.165, 1.54) is 6.07 Å². The minimum absolute atomic E-state index is 0.154. The number of aromatic nitrogens is 3. The smallest absolute Gasteiger partial charge is 0.265 e. The lowest BCUT2D eigenvalue weighted by atomic mass is 10.0. The number of amides is 1. The molecule has 3 aromatic rings. The van der Waals surface area contributed by atoms with Gasteiger partial charge in [0.25, 0.3) is 5.91 Å². The van der Waals surface area contributed by atoms with Crippen LogP contribution in [0.2, 0.25) is 0 Å². The Kier molecular flexibility index (Phi) is 3.53. The highest BCUT2D eigenvalue weighted by atomic mass is 16.1. The third-order valence-corrected chi connectivity index (χ3v) is 4.50. The molecule has 6 heteroatoms. The molecule has 3 N–H and O–H groups in total. The molecular weight excluding hydrogens is 316 g/mol. The van der Waals surface area contributed by atoms with Crippen LogP contribution in [0.5, 0.6) is 0 Å². The van der Waals surface area contributed by atoms with Crippen LogP contribution in [0.4, 0.5) is 0 Å². The van der Waals surface area contributed by atoms with Gasteiger partial charge in [-0.2, -0.15) is 5.10 Å². The number of rotatable bonds is 5. The SMILES string of the molecule is Cc1ccc(C(=O)c2cc(C(N)=O)n(-c3cc(C4CC4)[nH]n3)c2)cc1. The third kappa shape index (κ3) is 2.87. The number of hydrogen-bond donors (Lipinski definition) is 2. The van der Waals surface area contributed by atoms with E-state index in [0.717, 1.165) is 24.1 Å². The highest BCUT2D eigenvalue weighted by Crippen LogP contribution is 2.39. The average Bonchev–Trinajstić information content (AvgIpc) is 3.16. The van der Waals surface area contributed by atoms with Crippen molar-refractivity contribution in [1.29, 1.82) is 0 Å². The minimum Gasteiger partial charge on any atom is -0.364 e. The molecule has 4 rings (SSSR count). The van der Waals surface area contributed by atoms with Crippen LogP contribution in [0, 0.1) is 6.92 Å². The van der Waals surface area contributed by atoms with Crippen molar-refractivity contribution in [2.24, 2.45) is 5.73 Å². The molecule has 0 bridgehead atoms. The van der Waals surface area contributed by atoms with Gasteiger partial charge in [-0.1, -0.05) is 29.8 Å². The number of carbonyl (C=O) groups is 2. The van der Waals surface area contributed by atoms with Gasteiger partial charge < -0.3 is 5.73 Å². The largest absolute Gasteiger partial charge is 0.364 e. The first-order valence-corrected chi connectivity index (χ1v) is 8.22. The van der Waals surface area contributed by atoms with Gasteiger partial charge in [0.15, 0.2) is 11.6 Å². The van der Waals surface area contributed by atoms with Crippen LogP contribution in [-0.2, 0) is 0 Å². The number of nitrogens with one attached hydrogen (secondary N) is 1. The summed E-state index contributed by atoms with van der Waals surface area (Å²) in [7, 11) is 0. The van der Waals surface area contributed by atoms with Gasteiger partial charge in [0.2, 0.25) is 0 Å². The Balaban J connectivity index is 1.73. The van der Waals surface area contributed by atoms with Crippen molar-refractivity contribution in [3.8, 4) is 5.82 Å². The summed E-state index contributed by atoms with van der Waals surface area (Å²) in [4.78, 5) is 24.5. The van der Waals surface area contributed by atoms with Crippen LogP contribution >= 0.6 is 0 Å². The van der Waals surface area contributed by atoms with Crippen LogP contribution < -0.4 is 5.73 Å². The molecule has 1 saturated carbocycles. The van der Waals surface area contributed by atoms with E-state index in [1.54, 1.807) is 22.9 Å². The summed E-state index contributed by atoms with van der Waals surface area (Å²) in [5.41, 5.74) is 8.84. The zero-order chi connectivity index (χ0) is 17.6. The van der Waals surface area contributed by atoms with Crippen molar-refractivity contribution in [3.63, 3.8) is 0 Å². The fraction of sp³-hybridized carbons (Fsp3) is 0.211. The van der Waals surface area contributed by atoms with Crippen molar-refractivity contribution >= 4 is 11.7 Å². The third-order valence-electron chi connectivity index (χ3n) is 4.50. The van der Waals surface area contributed by atoms with E-state index in [-0.39, 0.29) is 11.5 Å². The number of carbonyl (C=O) groups excluding carboxylic acids is 2. The van der Waals surface area contributed by atoms with Crippen molar-refractivity contribution in [1.82, 2.24) is 14.8 Å². The Morgan fingerprint density at radius 2 is 1.88 bits per heavy atom. The standard InChI is InChI=1S/C19H18N4O2/c1-11-2-4-13(5-3-11)18(24)14-8-16(19(20)25)23(10-14)17-9-15(21-22-17)12-6-7-12/h2-5,8-10,12H,6-7H2,1H3,(H2,20,25)(H,21,22). The monoisotopic (exact) mass is 334 g/mol. The second-order valence-electron chi connectivity index (χ2n) is 6.50. The van der Waals surface area contributed by atoms with E-state index in [9.17, 15) is 9.59 Å². The average molecular weight is 334 g/mol. The van der Waals surface area contributed by atoms with Crippen molar-refractivity contribution in [2.45, 2.75) is 25.7 Å². The number of nitrogens with zero attached hydrogens (tertiary/aromatic N) is 2. The molecule has 0 unspecified atom stereocenters. The quantitative estimate of drug-likeness (QED) is 0.702. The number of aryl methyl sites for hydroxylation is 1. The summed E-state index contributed by atoms with van der Waals surface area (Å²) < 4.78 is 1.58. The highest BCUT2D eigenvalue weighted by molar-refractivity contribution is 6.10. The van der Waals surface area contributed by atoms with Crippen LogP contribution in [0.25, 0.3) is 5.82 Å². The Hall–Kier alpha value is -3.15. The summed E-state index contributed by atoms with van der Waals surface area (Å²) in [5, 5.41) is 7.27. The molecule has 0 spiro atoms. The van der Waals surface area contributed by atoms with E-state index in [4.69, 9.17) is 5.73 Å². The van der Waals surface area contributed by atoms with Crippen LogP contribution in [-0.4, -0.2) is 26.5 Å². The summed E-state index contributed by atoms with van der Waals surface area (Å²) in [6, 6.07) is 10.8. The number of benzene rings is 1. The van der Waals surface area contributed by atoms with Gasteiger partial charge in [0.1, 0.15) is 5.69 Å². The Morgan fingerprint density at radius 1 is 1.16 bits per heavy atom. The van der Waals surface area contributed by atoms with Gasteiger partial charge in [0.05, 0.1) is 0 Å². The second kappa shape index (κ2) is 5.73. The molecule has 6 nitrogen and oxygen atoms in total. The van der Waals surface area contributed by atoms with Gasteiger partial charge in [0, 0.05) is 35.0 Å². The fourth-order valence-electron chi connectivity index (χ4n) is 2.89. The van der Waals surface area contributed by atoms with Crippen LogP contribution in [0.15, 0.2) is 42.6 Å². The molecule has 0 radical (unpaired) electrons. The summed E-state index contributed by atoms with van der Waals surface area (Å²) in [5.74, 6) is 0.333. The molecule has 0 atom stereocenters. The first kappa shape index (κ1) is 15.4. The fourth-order valence-corrected chi connectivity index (χ4v) is 2.89. The predicted molar refractivity (Wildman–Crippen MR) is 93.0 cm³/mol.